The first-order valence-corrected chi connectivity index (χ1v) is 9.34. The molecule has 4 aromatic rings. The molecule has 6 nitrogen and oxygen atoms in total. The number of nitrogens with zero attached hydrogens (tertiary/aromatic N) is 3. The summed E-state index contributed by atoms with van der Waals surface area (Å²) in [6.07, 6.45) is 7.28. The van der Waals surface area contributed by atoms with Crippen LogP contribution in [0.15, 0.2) is 42.7 Å². The van der Waals surface area contributed by atoms with Crippen molar-refractivity contribution in [3.8, 4) is 0 Å². The molecule has 3 heterocycles. The van der Waals surface area contributed by atoms with E-state index in [2.05, 4.69) is 27.2 Å². The van der Waals surface area contributed by atoms with Crippen LogP contribution < -0.4 is 5.32 Å². The van der Waals surface area contributed by atoms with Crippen LogP contribution in [0.3, 0.4) is 0 Å². The van der Waals surface area contributed by atoms with Crippen molar-refractivity contribution in [2.24, 2.45) is 0 Å². The third-order valence-corrected chi connectivity index (χ3v) is 4.65. The van der Waals surface area contributed by atoms with Gasteiger partial charge in [0.15, 0.2) is 0 Å². The average molecular weight is 361 g/mol. The van der Waals surface area contributed by atoms with Crippen LogP contribution in [-0.2, 0) is 17.6 Å². The summed E-state index contributed by atoms with van der Waals surface area (Å²) >= 11 is 0. The predicted molar refractivity (Wildman–Crippen MR) is 107 cm³/mol. The van der Waals surface area contributed by atoms with Crippen molar-refractivity contribution in [3.63, 3.8) is 0 Å². The zero-order chi connectivity index (χ0) is 18.8. The molecule has 27 heavy (non-hydrogen) atoms. The van der Waals surface area contributed by atoms with Crippen molar-refractivity contribution in [2.45, 2.75) is 39.5 Å². The number of fused-ring (bicyclic) bond motifs is 2. The van der Waals surface area contributed by atoms with Crippen LogP contribution in [0, 0.1) is 6.92 Å². The van der Waals surface area contributed by atoms with Gasteiger partial charge in [-0.2, -0.15) is 0 Å². The number of benzene rings is 1. The van der Waals surface area contributed by atoms with Crippen molar-refractivity contribution >= 4 is 28.3 Å². The molecule has 3 aromatic heterocycles. The third kappa shape index (κ3) is 3.69. The average Bonchev–Trinajstić information content (AvgIpc) is 3.23. The van der Waals surface area contributed by atoms with E-state index in [1.807, 2.05) is 54.0 Å². The van der Waals surface area contributed by atoms with Gasteiger partial charge >= 0.3 is 0 Å². The predicted octanol–water partition coefficient (Wildman–Crippen LogP) is 4.04. The Kier molecular flexibility index (Phi) is 4.62. The van der Waals surface area contributed by atoms with Crippen molar-refractivity contribution in [2.75, 3.05) is 5.32 Å². The summed E-state index contributed by atoms with van der Waals surface area (Å²) in [5, 5.41) is 2.96. The van der Waals surface area contributed by atoms with E-state index in [0.29, 0.717) is 0 Å². The van der Waals surface area contributed by atoms with Crippen LogP contribution >= 0.6 is 0 Å². The summed E-state index contributed by atoms with van der Waals surface area (Å²) < 4.78 is 1.95. The van der Waals surface area contributed by atoms with Gasteiger partial charge in [-0.3, -0.25) is 4.79 Å². The van der Waals surface area contributed by atoms with Crippen LogP contribution in [-0.4, -0.2) is 25.3 Å². The number of H-pyrrole nitrogens is 1. The second-order valence-electron chi connectivity index (χ2n) is 6.90. The molecule has 0 saturated heterocycles. The Morgan fingerprint density at radius 2 is 2.15 bits per heavy atom. The van der Waals surface area contributed by atoms with Crippen molar-refractivity contribution in [1.29, 1.82) is 0 Å². The summed E-state index contributed by atoms with van der Waals surface area (Å²) in [4.78, 5) is 24.9. The van der Waals surface area contributed by atoms with Crippen molar-refractivity contribution < 1.29 is 4.79 Å². The van der Waals surface area contributed by atoms with Gasteiger partial charge in [-0.25, -0.2) is 9.97 Å². The van der Waals surface area contributed by atoms with Crippen LogP contribution in [0.5, 0.6) is 0 Å². The van der Waals surface area contributed by atoms with Gasteiger partial charge in [-0.1, -0.05) is 19.4 Å². The van der Waals surface area contributed by atoms with Gasteiger partial charge in [0.05, 0.1) is 23.1 Å². The highest BCUT2D eigenvalue weighted by Crippen LogP contribution is 2.18. The van der Waals surface area contributed by atoms with Gasteiger partial charge in [0.25, 0.3) is 0 Å². The fourth-order valence-electron chi connectivity index (χ4n) is 3.26. The Morgan fingerprint density at radius 1 is 1.26 bits per heavy atom. The SMILES string of the molecule is CCCCc1nc2ccc(NC(=O)Cc3cn4cccc(C)c4n3)cc2[nH]1. The van der Waals surface area contributed by atoms with Gasteiger partial charge in [0, 0.05) is 24.5 Å². The summed E-state index contributed by atoms with van der Waals surface area (Å²) in [6, 6.07) is 9.75. The van der Waals surface area contributed by atoms with E-state index in [-0.39, 0.29) is 12.3 Å². The number of pyridine rings is 1. The number of carbonyl (C=O) groups is 1. The number of hydrogen-bond donors (Lipinski definition) is 2. The molecule has 0 fully saturated rings. The molecular weight excluding hydrogens is 338 g/mol. The van der Waals surface area contributed by atoms with Gasteiger partial charge in [-0.05, 0) is 43.2 Å². The van der Waals surface area contributed by atoms with Crippen LogP contribution in [0.25, 0.3) is 16.7 Å². The second kappa shape index (κ2) is 7.23. The third-order valence-electron chi connectivity index (χ3n) is 4.65. The Hall–Kier alpha value is -3.15. The van der Waals surface area contributed by atoms with E-state index in [9.17, 15) is 4.79 Å². The number of hydrogen-bond acceptors (Lipinski definition) is 3. The molecule has 2 N–H and O–H groups in total. The fourth-order valence-corrected chi connectivity index (χ4v) is 3.26. The number of nitrogens with one attached hydrogen (secondary N) is 2. The van der Waals surface area contributed by atoms with Gasteiger partial charge < -0.3 is 14.7 Å². The highest BCUT2D eigenvalue weighted by molar-refractivity contribution is 5.94. The monoisotopic (exact) mass is 361 g/mol. The number of aryl methyl sites for hydroxylation is 2. The Morgan fingerprint density at radius 3 is 2.96 bits per heavy atom. The largest absolute Gasteiger partial charge is 0.342 e. The van der Waals surface area contributed by atoms with Crippen molar-refractivity contribution in [1.82, 2.24) is 19.4 Å². The maximum atomic E-state index is 12.4. The van der Waals surface area contributed by atoms with Gasteiger partial charge in [0.1, 0.15) is 11.5 Å². The molecule has 4 rings (SSSR count). The minimum absolute atomic E-state index is 0.0823. The first-order chi connectivity index (χ1) is 13.1. The number of unbranched alkanes of at least 4 members (excludes halogenated alkanes) is 1. The van der Waals surface area contributed by atoms with E-state index >= 15 is 0 Å². The fraction of sp³-hybridized carbons (Fsp3) is 0.286. The summed E-state index contributed by atoms with van der Waals surface area (Å²) in [7, 11) is 0. The maximum Gasteiger partial charge on any atom is 0.230 e. The molecule has 0 unspecified atom stereocenters. The van der Waals surface area contributed by atoms with E-state index in [1.54, 1.807) is 0 Å². The number of rotatable bonds is 6. The Labute approximate surface area is 157 Å². The minimum atomic E-state index is -0.0823. The first-order valence-electron chi connectivity index (χ1n) is 9.34. The highest BCUT2D eigenvalue weighted by atomic mass is 16.1. The number of imidazole rings is 2. The van der Waals surface area contributed by atoms with E-state index in [0.717, 1.165) is 58.7 Å². The molecule has 6 heteroatoms. The van der Waals surface area contributed by atoms with Gasteiger partial charge in [-0.15, -0.1) is 0 Å². The van der Waals surface area contributed by atoms with Crippen LogP contribution in [0.1, 0.15) is 36.8 Å². The Balaban J connectivity index is 1.47. The molecule has 0 bridgehead atoms. The lowest BCUT2D eigenvalue weighted by Gasteiger charge is -2.03. The molecular formula is C21H23N5O. The van der Waals surface area contributed by atoms with E-state index < -0.39 is 0 Å². The molecule has 1 aromatic carbocycles. The molecule has 138 valence electrons. The summed E-state index contributed by atoms with van der Waals surface area (Å²) in [5.74, 6) is 0.913. The maximum absolute atomic E-state index is 12.4. The molecule has 1 amide bonds. The number of amides is 1. The standard InChI is InChI=1S/C21H23N5O/c1-3-4-7-19-24-17-9-8-15(11-18(17)25-19)22-20(27)12-16-13-26-10-5-6-14(2)21(26)23-16/h5-6,8-11,13H,3-4,7,12H2,1-2H3,(H,22,27)(H,24,25). The number of aromatic amines is 1. The number of aromatic nitrogens is 4. The molecule has 0 aliphatic carbocycles. The topological polar surface area (TPSA) is 75.1 Å². The summed E-state index contributed by atoms with van der Waals surface area (Å²) in [5.41, 5.74) is 5.37. The zero-order valence-corrected chi connectivity index (χ0v) is 15.6. The minimum Gasteiger partial charge on any atom is -0.342 e. The lowest BCUT2D eigenvalue weighted by atomic mass is 10.2. The number of carbonyl (C=O) groups excluding carboxylic acids is 1. The molecule has 0 atom stereocenters. The molecule has 0 radical (unpaired) electrons. The number of anilines is 1. The van der Waals surface area contributed by atoms with Crippen LogP contribution in [0.2, 0.25) is 0 Å². The molecule has 0 aliphatic rings. The van der Waals surface area contributed by atoms with E-state index in [1.165, 1.54) is 0 Å². The van der Waals surface area contributed by atoms with Crippen LogP contribution in [0.4, 0.5) is 5.69 Å². The van der Waals surface area contributed by atoms with E-state index in [4.69, 9.17) is 0 Å². The normalized spacial score (nSPS) is 11.3. The lowest BCUT2D eigenvalue weighted by Crippen LogP contribution is -2.14. The first kappa shape index (κ1) is 17.3. The summed E-state index contributed by atoms with van der Waals surface area (Å²) in [6.45, 7) is 4.18. The molecule has 0 saturated carbocycles. The quantitative estimate of drug-likeness (QED) is 0.544. The zero-order valence-electron chi connectivity index (χ0n) is 15.6. The second-order valence-corrected chi connectivity index (χ2v) is 6.90. The smallest absolute Gasteiger partial charge is 0.230 e. The highest BCUT2D eigenvalue weighted by Gasteiger charge is 2.10. The molecule has 0 aliphatic heterocycles. The lowest BCUT2D eigenvalue weighted by molar-refractivity contribution is -0.115. The van der Waals surface area contributed by atoms with Gasteiger partial charge in [0.2, 0.25) is 5.91 Å². The Bertz CT molecular complexity index is 1110. The van der Waals surface area contributed by atoms with Crippen molar-refractivity contribution in [3.05, 3.63) is 59.8 Å². The molecule has 0 spiro atoms.